The van der Waals surface area contributed by atoms with Gasteiger partial charge in [-0.25, -0.2) is 0 Å². The van der Waals surface area contributed by atoms with Gasteiger partial charge in [-0.1, -0.05) is 0 Å². The van der Waals surface area contributed by atoms with Crippen LogP contribution in [0.5, 0.6) is 0 Å². The van der Waals surface area contributed by atoms with Crippen molar-refractivity contribution in [2.45, 2.75) is 40.2 Å². The maximum atomic E-state index is 12.5. The average molecular weight is 267 g/mol. The number of hydrogen-bond donors (Lipinski definition) is 1. The maximum Gasteiger partial charge on any atom is 0.229 e. The molecule has 19 heavy (non-hydrogen) atoms. The Hall–Kier alpha value is -0.610. The zero-order valence-electron chi connectivity index (χ0n) is 12.9. The Bertz CT molecular complexity index is 327. The highest BCUT2D eigenvalue weighted by Gasteiger charge is 2.35. The molecule has 0 saturated carbocycles. The van der Waals surface area contributed by atoms with E-state index in [4.69, 9.17) is 0 Å². The molecule has 4 heteroatoms. The van der Waals surface area contributed by atoms with Gasteiger partial charge in [0.05, 0.1) is 5.41 Å². The lowest BCUT2D eigenvalue weighted by Gasteiger charge is -2.30. The van der Waals surface area contributed by atoms with Crippen LogP contribution in [-0.4, -0.2) is 61.0 Å². The third kappa shape index (κ3) is 3.48. The number of rotatable bonds is 3. The third-order valence-corrected chi connectivity index (χ3v) is 4.52. The van der Waals surface area contributed by atoms with E-state index in [0.717, 1.165) is 32.7 Å². The number of carbonyl (C=O) groups excluding carboxylic acids is 1. The van der Waals surface area contributed by atoms with Gasteiger partial charge in [0, 0.05) is 38.8 Å². The van der Waals surface area contributed by atoms with Gasteiger partial charge in [-0.05, 0) is 46.6 Å². The van der Waals surface area contributed by atoms with Gasteiger partial charge in [-0.3, -0.25) is 4.79 Å². The molecule has 0 aliphatic carbocycles. The van der Waals surface area contributed by atoms with Gasteiger partial charge >= 0.3 is 0 Å². The van der Waals surface area contributed by atoms with Gasteiger partial charge in [0.25, 0.3) is 0 Å². The molecule has 0 bridgehead atoms. The first-order valence-electron chi connectivity index (χ1n) is 7.64. The van der Waals surface area contributed by atoms with Gasteiger partial charge < -0.3 is 15.1 Å². The normalized spacial score (nSPS) is 29.0. The van der Waals surface area contributed by atoms with E-state index >= 15 is 0 Å². The van der Waals surface area contributed by atoms with Crippen molar-refractivity contribution >= 4 is 5.91 Å². The van der Waals surface area contributed by atoms with Gasteiger partial charge in [-0.15, -0.1) is 0 Å². The van der Waals surface area contributed by atoms with Crippen LogP contribution in [0.1, 0.15) is 34.1 Å². The summed E-state index contributed by atoms with van der Waals surface area (Å²) in [5.74, 6) is 0.973. The summed E-state index contributed by atoms with van der Waals surface area (Å²) in [5, 5.41) is 3.38. The van der Waals surface area contributed by atoms with Crippen LogP contribution in [0.15, 0.2) is 0 Å². The highest BCUT2D eigenvalue weighted by Crippen LogP contribution is 2.24. The second kappa shape index (κ2) is 5.80. The van der Waals surface area contributed by atoms with Crippen LogP contribution in [0, 0.1) is 11.3 Å². The summed E-state index contributed by atoms with van der Waals surface area (Å²) >= 11 is 0. The minimum absolute atomic E-state index is 0.257. The van der Waals surface area contributed by atoms with E-state index in [1.807, 2.05) is 0 Å². The molecule has 2 fully saturated rings. The topological polar surface area (TPSA) is 35.6 Å². The number of likely N-dealkylation sites (tertiary alicyclic amines) is 1. The summed E-state index contributed by atoms with van der Waals surface area (Å²) in [7, 11) is 0. The summed E-state index contributed by atoms with van der Waals surface area (Å²) in [5.41, 5.74) is -0.257. The second-order valence-electron chi connectivity index (χ2n) is 7.06. The summed E-state index contributed by atoms with van der Waals surface area (Å²) < 4.78 is 0. The Morgan fingerprint density at radius 1 is 1.37 bits per heavy atom. The quantitative estimate of drug-likeness (QED) is 0.834. The zero-order valence-corrected chi connectivity index (χ0v) is 12.9. The molecule has 1 N–H and O–H groups in total. The molecule has 0 spiro atoms. The van der Waals surface area contributed by atoms with E-state index in [1.165, 1.54) is 13.0 Å². The molecule has 4 nitrogen and oxygen atoms in total. The van der Waals surface area contributed by atoms with Crippen LogP contribution < -0.4 is 5.32 Å². The van der Waals surface area contributed by atoms with Crippen LogP contribution in [0.3, 0.4) is 0 Å². The smallest absolute Gasteiger partial charge is 0.229 e. The number of nitrogens with one attached hydrogen (secondary N) is 1. The first-order valence-corrected chi connectivity index (χ1v) is 7.64. The predicted octanol–water partition coefficient (Wildman–Crippen LogP) is 1.17. The molecule has 2 aliphatic heterocycles. The molecule has 2 saturated heterocycles. The zero-order chi connectivity index (χ0) is 14.0. The third-order valence-electron chi connectivity index (χ3n) is 4.52. The largest absolute Gasteiger partial charge is 0.341 e. The van der Waals surface area contributed by atoms with E-state index in [0.29, 0.717) is 17.9 Å². The average Bonchev–Trinajstić information content (AvgIpc) is 2.76. The molecule has 0 radical (unpaired) electrons. The van der Waals surface area contributed by atoms with E-state index in [1.54, 1.807) is 0 Å². The number of carbonyl (C=O) groups is 1. The van der Waals surface area contributed by atoms with Crippen molar-refractivity contribution < 1.29 is 4.79 Å². The second-order valence-corrected chi connectivity index (χ2v) is 7.06. The Kier molecular flexibility index (Phi) is 4.51. The lowest BCUT2D eigenvalue weighted by molar-refractivity contribution is -0.139. The van der Waals surface area contributed by atoms with E-state index in [9.17, 15) is 4.79 Å². The standard InChI is InChI=1S/C15H29N3O/c1-12(2)17-7-5-13(9-17)10-18-8-6-16-11-15(3,4)14(18)19/h12-13,16H,5-11H2,1-4H3. The monoisotopic (exact) mass is 267 g/mol. The number of nitrogens with zero attached hydrogens (tertiary/aromatic N) is 2. The summed E-state index contributed by atoms with van der Waals surface area (Å²) in [6, 6.07) is 0.628. The van der Waals surface area contributed by atoms with Crippen LogP contribution in [-0.2, 0) is 4.79 Å². The van der Waals surface area contributed by atoms with Crippen molar-refractivity contribution in [2.24, 2.45) is 11.3 Å². The molecular formula is C15H29N3O. The molecule has 1 amide bonds. The Morgan fingerprint density at radius 3 is 2.74 bits per heavy atom. The predicted molar refractivity (Wildman–Crippen MR) is 78.0 cm³/mol. The molecule has 0 aromatic carbocycles. The Labute approximate surface area is 117 Å². The van der Waals surface area contributed by atoms with Crippen molar-refractivity contribution in [3.63, 3.8) is 0 Å². The molecule has 0 aromatic heterocycles. The SMILES string of the molecule is CC(C)N1CCC(CN2CCNCC(C)(C)C2=O)C1. The van der Waals surface area contributed by atoms with Crippen molar-refractivity contribution in [1.82, 2.24) is 15.1 Å². The highest BCUT2D eigenvalue weighted by atomic mass is 16.2. The molecule has 1 atom stereocenters. The summed E-state index contributed by atoms with van der Waals surface area (Å²) in [6.07, 6.45) is 1.23. The lowest BCUT2D eigenvalue weighted by atomic mass is 9.91. The first-order chi connectivity index (χ1) is 8.90. The first kappa shape index (κ1) is 14.8. The minimum atomic E-state index is -0.257. The minimum Gasteiger partial charge on any atom is -0.341 e. The van der Waals surface area contributed by atoms with Crippen LogP contribution in [0.4, 0.5) is 0 Å². The van der Waals surface area contributed by atoms with Crippen molar-refractivity contribution in [3.05, 3.63) is 0 Å². The molecule has 2 heterocycles. The fraction of sp³-hybridized carbons (Fsp3) is 0.933. The molecule has 110 valence electrons. The van der Waals surface area contributed by atoms with Gasteiger partial charge in [0.1, 0.15) is 0 Å². The molecule has 0 aromatic rings. The van der Waals surface area contributed by atoms with E-state index < -0.39 is 0 Å². The van der Waals surface area contributed by atoms with Crippen LogP contribution in [0.2, 0.25) is 0 Å². The van der Waals surface area contributed by atoms with E-state index in [2.05, 4.69) is 42.8 Å². The van der Waals surface area contributed by atoms with Crippen LogP contribution >= 0.6 is 0 Å². The molecule has 2 rings (SSSR count). The maximum absolute atomic E-state index is 12.5. The van der Waals surface area contributed by atoms with Crippen molar-refractivity contribution in [1.29, 1.82) is 0 Å². The van der Waals surface area contributed by atoms with E-state index in [-0.39, 0.29) is 5.41 Å². The number of hydrogen-bond acceptors (Lipinski definition) is 3. The summed E-state index contributed by atoms with van der Waals surface area (Å²) in [6.45, 7) is 14.5. The number of amides is 1. The Balaban J connectivity index is 1.93. The highest BCUT2D eigenvalue weighted by molar-refractivity contribution is 5.82. The molecule has 2 aliphatic rings. The van der Waals surface area contributed by atoms with Gasteiger partial charge in [-0.2, -0.15) is 0 Å². The van der Waals surface area contributed by atoms with Crippen LogP contribution in [0.25, 0.3) is 0 Å². The Morgan fingerprint density at radius 2 is 2.11 bits per heavy atom. The lowest BCUT2D eigenvalue weighted by Crippen LogP contribution is -2.44. The molecular weight excluding hydrogens is 238 g/mol. The van der Waals surface area contributed by atoms with Gasteiger partial charge in [0.15, 0.2) is 0 Å². The molecule has 1 unspecified atom stereocenters. The summed E-state index contributed by atoms with van der Waals surface area (Å²) in [4.78, 5) is 17.2. The fourth-order valence-corrected chi connectivity index (χ4v) is 3.19. The fourth-order valence-electron chi connectivity index (χ4n) is 3.19. The van der Waals surface area contributed by atoms with Crippen molar-refractivity contribution in [2.75, 3.05) is 39.3 Å². The van der Waals surface area contributed by atoms with Gasteiger partial charge in [0.2, 0.25) is 5.91 Å². The van der Waals surface area contributed by atoms with Crippen molar-refractivity contribution in [3.8, 4) is 0 Å².